The van der Waals surface area contributed by atoms with Crippen LogP contribution in [0.2, 0.25) is 0 Å². The molecule has 0 saturated heterocycles. The van der Waals surface area contributed by atoms with E-state index < -0.39 is 0 Å². The predicted molar refractivity (Wildman–Crippen MR) is 37.4 cm³/mol. The third-order valence-corrected chi connectivity index (χ3v) is 1.43. The number of hydrogen-bond donors (Lipinski definition) is 1. The van der Waals surface area contributed by atoms with Gasteiger partial charge < -0.3 is 5.73 Å². The van der Waals surface area contributed by atoms with Crippen molar-refractivity contribution in [3.63, 3.8) is 0 Å². The van der Waals surface area contributed by atoms with Gasteiger partial charge in [-0.05, 0) is 31.7 Å². The molecule has 2 N–H and O–H groups in total. The second-order valence-electron chi connectivity index (χ2n) is 2.24. The Bertz CT molecular complexity index is 43.7. The van der Waals surface area contributed by atoms with Crippen molar-refractivity contribution >= 4 is 0 Å². The van der Waals surface area contributed by atoms with E-state index in [1.807, 2.05) is 0 Å². The Morgan fingerprint density at radius 1 is 1.62 bits per heavy atom. The second kappa shape index (κ2) is 5.10. The van der Waals surface area contributed by atoms with Crippen molar-refractivity contribution in [2.24, 2.45) is 11.7 Å². The van der Waals surface area contributed by atoms with Gasteiger partial charge in [-0.1, -0.05) is 13.8 Å². The second-order valence-corrected chi connectivity index (χ2v) is 2.24. The van der Waals surface area contributed by atoms with Crippen LogP contribution >= 0.6 is 0 Å². The van der Waals surface area contributed by atoms with Crippen LogP contribution in [-0.4, -0.2) is 6.54 Å². The lowest BCUT2D eigenvalue weighted by atomic mass is 10.0. The standard InChI is InChI=1S/C7H16N/c1-3-7(2)5-4-6-8/h3,7H,4-6,8H2,1-2H3. The van der Waals surface area contributed by atoms with E-state index in [0.717, 1.165) is 18.9 Å². The Morgan fingerprint density at radius 2 is 2.25 bits per heavy atom. The van der Waals surface area contributed by atoms with Crippen LogP contribution in [0, 0.1) is 12.3 Å². The summed E-state index contributed by atoms with van der Waals surface area (Å²) < 4.78 is 0. The minimum absolute atomic E-state index is 0.749. The molecule has 1 radical (unpaired) electrons. The number of hydrogen-bond acceptors (Lipinski definition) is 1. The molecule has 0 aliphatic heterocycles. The zero-order chi connectivity index (χ0) is 6.41. The molecule has 0 amide bonds. The van der Waals surface area contributed by atoms with Gasteiger partial charge in [0.2, 0.25) is 0 Å². The first-order chi connectivity index (χ1) is 3.81. The van der Waals surface area contributed by atoms with Crippen LogP contribution in [0.5, 0.6) is 0 Å². The Balaban J connectivity index is 2.86. The lowest BCUT2D eigenvalue weighted by Gasteiger charge is -2.04. The maximum atomic E-state index is 5.32. The zero-order valence-electron chi connectivity index (χ0n) is 5.85. The summed E-state index contributed by atoms with van der Waals surface area (Å²) in [5, 5.41) is 0. The Kier molecular flexibility index (Phi) is 5.08. The summed E-state index contributed by atoms with van der Waals surface area (Å²) in [6, 6.07) is 0. The van der Waals surface area contributed by atoms with Gasteiger partial charge in [-0.2, -0.15) is 0 Å². The smallest absolute Gasteiger partial charge is 0.00772 e. The van der Waals surface area contributed by atoms with Crippen LogP contribution in [0.4, 0.5) is 0 Å². The van der Waals surface area contributed by atoms with Crippen molar-refractivity contribution in [2.75, 3.05) is 6.54 Å². The lowest BCUT2D eigenvalue weighted by molar-refractivity contribution is 0.579. The van der Waals surface area contributed by atoms with Gasteiger partial charge in [-0.15, -0.1) is 0 Å². The van der Waals surface area contributed by atoms with E-state index in [4.69, 9.17) is 5.73 Å². The van der Waals surface area contributed by atoms with E-state index in [2.05, 4.69) is 20.3 Å². The van der Waals surface area contributed by atoms with Crippen LogP contribution in [0.25, 0.3) is 0 Å². The third kappa shape index (κ3) is 4.13. The molecule has 49 valence electrons. The fraction of sp³-hybridized carbons (Fsp3) is 0.857. The monoisotopic (exact) mass is 114 g/mol. The van der Waals surface area contributed by atoms with Crippen molar-refractivity contribution in [3.05, 3.63) is 6.42 Å². The molecule has 1 unspecified atom stereocenters. The van der Waals surface area contributed by atoms with Crippen LogP contribution in [0.15, 0.2) is 0 Å². The van der Waals surface area contributed by atoms with Gasteiger partial charge in [-0.3, -0.25) is 0 Å². The summed E-state index contributed by atoms with van der Waals surface area (Å²) in [5.41, 5.74) is 5.32. The van der Waals surface area contributed by atoms with E-state index in [0.29, 0.717) is 0 Å². The quantitative estimate of drug-likeness (QED) is 0.590. The van der Waals surface area contributed by atoms with Gasteiger partial charge in [0, 0.05) is 0 Å². The third-order valence-electron chi connectivity index (χ3n) is 1.43. The fourth-order valence-electron chi connectivity index (χ4n) is 0.606. The minimum Gasteiger partial charge on any atom is -0.330 e. The number of nitrogens with two attached hydrogens (primary N) is 1. The first-order valence-corrected chi connectivity index (χ1v) is 3.30. The summed E-state index contributed by atoms with van der Waals surface area (Å²) >= 11 is 0. The SMILES string of the molecule is C[CH]C(C)CCCN. The molecule has 0 aliphatic carbocycles. The lowest BCUT2D eigenvalue weighted by Crippen LogP contribution is -2.01. The highest BCUT2D eigenvalue weighted by Gasteiger charge is 1.95. The zero-order valence-corrected chi connectivity index (χ0v) is 5.85. The topological polar surface area (TPSA) is 26.0 Å². The van der Waals surface area contributed by atoms with Crippen LogP contribution in [0.1, 0.15) is 26.7 Å². The Labute approximate surface area is 52.3 Å². The average Bonchev–Trinajstić information content (AvgIpc) is 1.83. The first kappa shape index (κ1) is 7.96. The molecule has 0 aromatic carbocycles. The maximum absolute atomic E-state index is 5.32. The molecule has 8 heavy (non-hydrogen) atoms. The first-order valence-electron chi connectivity index (χ1n) is 3.30. The fourth-order valence-corrected chi connectivity index (χ4v) is 0.606. The van der Waals surface area contributed by atoms with Crippen molar-refractivity contribution in [3.8, 4) is 0 Å². The maximum Gasteiger partial charge on any atom is -0.00772 e. The van der Waals surface area contributed by atoms with Crippen LogP contribution in [-0.2, 0) is 0 Å². The molecule has 0 aromatic heterocycles. The van der Waals surface area contributed by atoms with Crippen molar-refractivity contribution in [1.29, 1.82) is 0 Å². The molecule has 1 atom stereocenters. The number of rotatable bonds is 4. The van der Waals surface area contributed by atoms with E-state index in [1.165, 1.54) is 6.42 Å². The van der Waals surface area contributed by atoms with Gasteiger partial charge in [-0.25, -0.2) is 0 Å². The Hall–Kier alpha value is -0.0400. The summed E-state index contributed by atoms with van der Waals surface area (Å²) in [6.45, 7) is 5.15. The van der Waals surface area contributed by atoms with E-state index in [9.17, 15) is 0 Å². The van der Waals surface area contributed by atoms with Gasteiger partial charge in [0.1, 0.15) is 0 Å². The molecular weight excluding hydrogens is 98.1 g/mol. The van der Waals surface area contributed by atoms with Gasteiger partial charge in [0.25, 0.3) is 0 Å². The Morgan fingerprint density at radius 3 is 2.62 bits per heavy atom. The summed E-state index contributed by atoms with van der Waals surface area (Å²) in [4.78, 5) is 0. The molecule has 0 saturated carbocycles. The highest BCUT2D eigenvalue weighted by Crippen LogP contribution is 2.06. The normalized spacial score (nSPS) is 13.9. The van der Waals surface area contributed by atoms with E-state index >= 15 is 0 Å². The molecule has 0 aliphatic rings. The van der Waals surface area contributed by atoms with Gasteiger partial charge in [0.15, 0.2) is 0 Å². The van der Waals surface area contributed by atoms with E-state index in [-0.39, 0.29) is 0 Å². The average molecular weight is 114 g/mol. The molecule has 0 spiro atoms. The molecule has 1 nitrogen and oxygen atoms in total. The summed E-state index contributed by atoms with van der Waals surface area (Å²) in [6.07, 6.45) is 4.62. The highest BCUT2D eigenvalue weighted by molar-refractivity contribution is 4.65. The van der Waals surface area contributed by atoms with Crippen molar-refractivity contribution in [1.82, 2.24) is 0 Å². The molecule has 0 heterocycles. The van der Waals surface area contributed by atoms with Crippen molar-refractivity contribution < 1.29 is 0 Å². The van der Waals surface area contributed by atoms with E-state index in [1.54, 1.807) is 0 Å². The summed E-state index contributed by atoms with van der Waals surface area (Å²) in [5.74, 6) is 0.749. The molecule has 0 aromatic rings. The van der Waals surface area contributed by atoms with Crippen molar-refractivity contribution in [2.45, 2.75) is 26.7 Å². The molecule has 0 fully saturated rings. The summed E-state index contributed by atoms with van der Waals surface area (Å²) in [7, 11) is 0. The van der Waals surface area contributed by atoms with Crippen LogP contribution < -0.4 is 5.73 Å². The molecule has 1 heteroatoms. The van der Waals surface area contributed by atoms with Gasteiger partial charge >= 0.3 is 0 Å². The minimum atomic E-state index is 0.749. The molecular formula is C7H16N. The molecule has 0 rings (SSSR count). The predicted octanol–water partition coefficient (Wildman–Crippen LogP) is 1.59. The largest absolute Gasteiger partial charge is 0.330 e. The van der Waals surface area contributed by atoms with Gasteiger partial charge in [0.05, 0.1) is 0 Å². The van der Waals surface area contributed by atoms with Crippen LogP contribution in [0.3, 0.4) is 0 Å². The highest BCUT2D eigenvalue weighted by atomic mass is 14.5. The molecule has 0 bridgehead atoms.